The molecule has 0 aliphatic heterocycles. The lowest BCUT2D eigenvalue weighted by Gasteiger charge is -2.18. The molecule has 0 aliphatic carbocycles. The van der Waals surface area contributed by atoms with Crippen LogP contribution in [-0.2, 0) is 18.3 Å². The Morgan fingerprint density at radius 2 is 1.50 bits per heavy atom. The van der Waals surface area contributed by atoms with Crippen molar-refractivity contribution in [2.45, 2.75) is 52.9 Å². The highest BCUT2D eigenvalue weighted by Gasteiger charge is 2.09. The topological polar surface area (TPSA) is 36.9 Å². The first-order chi connectivity index (χ1) is 7.85. The van der Waals surface area contributed by atoms with Crippen molar-refractivity contribution >= 4 is 10.0 Å². The first-order valence-electron chi connectivity index (χ1n) is 6.27. The van der Waals surface area contributed by atoms with Crippen LogP contribution >= 0.6 is 0 Å². The minimum Gasteiger partial charge on any atom is -0.399 e. The van der Waals surface area contributed by atoms with E-state index in [4.69, 9.17) is 18.3 Å². The van der Waals surface area contributed by atoms with E-state index in [2.05, 4.69) is 13.8 Å². The third kappa shape index (κ3) is 10.6. The van der Waals surface area contributed by atoms with Crippen molar-refractivity contribution in [3.63, 3.8) is 0 Å². The molecule has 98 valence electrons. The summed E-state index contributed by atoms with van der Waals surface area (Å²) < 4.78 is 21.7. The SMILES string of the molecule is CCCCOC(OCCCC)O[SiH2]OCC. The van der Waals surface area contributed by atoms with Crippen molar-refractivity contribution in [1.82, 2.24) is 0 Å². The van der Waals surface area contributed by atoms with Crippen molar-refractivity contribution in [2.75, 3.05) is 19.8 Å². The van der Waals surface area contributed by atoms with E-state index < -0.39 is 16.5 Å². The third-order valence-corrected chi connectivity index (χ3v) is 2.98. The molecule has 0 aromatic carbocycles. The van der Waals surface area contributed by atoms with Gasteiger partial charge in [-0.25, -0.2) is 0 Å². The van der Waals surface area contributed by atoms with Crippen LogP contribution < -0.4 is 0 Å². The molecule has 0 N–H and O–H groups in total. The van der Waals surface area contributed by atoms with Gasteiger partial charge >= 0.3 is 10.0 Å². The Morgan fingerprint density at radius 3 is 1.94 bits per heavy atom. The fourth-order valence-electron chi connectivity index (χ4n) is 0.979. The minimum atomic E-state index is -0.955. The van der Waals surface area contributed by atoms with E-state index in [9.17, 15) is 0 Å². The average Bonchev–Trinajstić information content (AvgIpc) is 2.29. The van der Waals surface area contributed by atoms with E-state index in [1.54, 1.807) is 0 Å². The molecular formula is C11H26O4Si. The van der Waals surface area contributed by atoms with Crippen molar-refractivity contribution in [3.8, 4) is 0 Å². The summed E-state index contributed by atoms with van der Waals surface area (Å²) in [6.07, 6.45) is 4.30. The van der Waals surface area contributed by atoms with Crippen molar-refractivity contribution in [1.29, 1.82) is 0 Å². The van der Waals surface area contributed by atoms with Gasteiger partial charge in [-0.15, -0.1) is 0 Å². The molecule has 5 heteroatoms. The highest BCUT2D eigenvalue weighted by molar-refractivity contribution is 6.17. The Hall–Kier alpha value is 0.0569. The molecule has 0 rings (SSSR count). The molecule has 0 heterocycles. The van der Waals surface area contributed by atoms with E-state index in [1.165, 1.54) is 0 Å². The summed E-state index contributed by atoms with van der Waals surface area (Å²) in [5.41, 5.74) is 0. The van der Waals surface area contributed by atoms with Gasteiger partial charge in [0.25, 0.3) is 6.48 Å². The molecule has 0 fully saturated rings. The fourth-order valence-corrected chi connectivity index (χ4v) is 1.55. The Bertz CT molecular complexity index is 111. The number of hydrogen-bond donors (Lipinski definition) is 0. The predicted octanol–water partition coefficient (Wildman–Crippen LogP) is 1.96. The average molecular weight is 250 g/mol. The van der Waals surface area contributed by atoms with E-state index in [0.717, 1.165) is 25.7 Å². The third-order valence-electron chi connectivity index (χ3n) is 2.00. The first-order valence-corrected chi connectivity index (χ1v) is 7.43. The molecule has 0 saturated heterocycles. The van der Waals surface area contributed by atoms with E-state index in [0.29, 0.717) is 19.8 Å². The molecule has 0 unspecified atom stereocenters. The lowest BCUT2D eigenvalue weighted by molar-refractivity contribution is -0.252. The molecule has 0 aromatic heterocycles. The maximum Gasteiger partial charge on any atom is 0.309 e. The standard InChI is InChI=1S/C11H26O4Si/c1-4-7-9-12-11(13-10-8-5-2)15-16-14-6-3/h11H,4-10,16H2,1-3H3. The molecule has 4 nitrogen and oxygen atoms in total. The van der Waals surface area contributed by atoms with E-state index in [1.807, 2.05) is 6.92 Å². The predicted molar refractivity (Wildman–Crippen MR) is 66.8 cm³/mol. The Labute approximate surface area is 102 Å². The summed E-state index contributed by atoms with van der Waals surface area (Å²) in [5.74, 6) is 0. The van der Waals surface area contributed by atoms with Gasteiger partial charge in [-0.2, -0.15) is 0 Å². The minimum absolute atomic E-state index is 0.517. The highest BCUT2D eigenvalue weighted by Crippen LogP contribution is 2.01. The van der Waals surface area contributed by atoms with Crippen LogP contribution in [0.1, 0.15) is 46.5 Å². The summed E-state index contributed by atoms with van der Waals surface area (Å²) in [6.45, 7) is 7.78. The molecular weight excluding hydrogens is 224 g/mol. The molecule has 0 bridgehead atoms. The number of rotatable bonds is 12. The zero-order valence-corrected chi connectivity index (χ0v) is 12.3. The second-order valence-electron chi connectivity index (χ2n) is 3.51. The molecule has 0 amide bonds. The van der Waals surface area contributed by atoms with Gasteiger partial charge in [-0.1, -0.05) is 26.7 Å². The van der Waals surface area contributed by atoms with Crippen LogP contribution in [0.3, 0.4) is 0 Å². The van der Waals surface area contributed by atoms with Gasteiger partial charge in [0.1, 0.15) is 0 Å². The van der Waals surface area contributed by atoms with Crippen LogP contribution in [-0.4, -0.2) is 36.3 Å². The molecule has 0 saturated carbocycles. The lowest BCUT2D eigenvalue weighted by atomic mass is 10.4. The normalized spacial score (nSPS) is 12.0. The second-order valence-corrected chi connectivity index (χ2v) is 4.49. The van der Waals surface area contributed by atoms with Gasteiger partial charge in [-0.05, 0) is 19.8 Å². The zero-order chi connectivity index (χ0) is 12.1. The summed E-state index contributed by atoms with van der Waals surface area (Å²) in [6, 6.07) is 0. The molecule has 0 aromatic rings. The van der Waals surface area contributed by atoms with Crippen LogP contribution in [0.2, 0.25) is 0 Å². The zero-order valence-electron chi connectivity index (χ0n) is 10.9. The van der Waals surface area contributed by atoms with Crippen LogP contribution in [0, 0.1) is 0 Å². The molecule has 16 heavy (non-hydrogen) atoms. The van der Waals surface area contributed by atoms with Crippen molar-refractivity contribution in [3.05, 3.63) is 0 Å². The largest absolute Gasteiger partial charge is 0.399 e. The number of ether oxygens (including phenoxy) is 2. The van der Waals surface area contributed by atoms with E-state index in [-0.39, 0.29) is 0 Å². The summed E-state index contributed by atoms with van der Waals surface area (Å²) >= 11 is 0. The Kier molecular flexibility index (Phi) is 13.2. The molecule has 0 atom stereocenters. The Morgan fingerprint density at radius 1 is 0.938 bits per heavy atom. The van der Waals surface area contributed by atoms with Crippen LogP contribution in [0.15, 0.2) is 0 Å². The quantitative estimate of drug-likeness (QED) is 0.301. The van der Waals surface area contributed by atoms with Crippen LogP contribution in [0.25, 0.3) is 0 Å². The van der Waals surface area contributed by atoms with Crippen molar-refractivity contribution < 1.29 is 18.3 Å². The maximum atomic E-state index is 5.49. The summed E-state index contributed by atoms with van der Waals surface area (Å²) in [4.78, 5) is 0. The van der Waals surface area contributed by atoms with Gasteiger partial charge < -0.3 is 18.3 Å². The smallest absolute Gasteiger partial charge is 0.309 e. The van der Waals surface area contributed by atoms with Gasteiger partial charge in [0.05, 0.1) is 13.2 Å². The van der Waals surface area contributed by atoms with E-state index >= 15 is 0 Å². The fraction of sp³-hybridized carbons (Fsp3) is 1.00. The van der Waals surface area contributed by atoms with Crippen LogP contribution in [0.4, 0.5) is 0 Å². The second kappa shape index (κ2) is 13.1. The first kappa shape index (κ1) is 16.1. The monoisotopic (exact) mass is 250 g/mol. The number of unbranched alkanes of at least 4 members (excludes halogenated alkanes) is 2. The van der Waals surface area contributed by atoms with Gasteiger partial charge in [0.15, 0.2) is 0 Å². The van der Waals surface area contributed by atoms with Gasteiger partial charge in [-0.3, -0.25) is 0 Å². The number of hydrogen-bond acceptors (Lipinski definition) is 4. The maximum absolute atomic E-state index is 5.49. The highest BCUT2D eigenvalue weighted by atomic mass is 28.3. The molecule has 0 aliphatic rings. The molecule has 0 radical (unpaired) electrons. The van der Waals surface area contributed by atoms with Crippen LogP contribution in [0.5, 0.6) is 0 Å². The Balaban J connectivity index is 3.58. The van der Waals surface area contributed by atoms with Gasteiger partial charge in [0, 0.05) is 6.61 Å². The summed E-state index contributed by atoms with van der Waals surface area (Å²) in [7, 11) is -0.955. The van der Waals surface area contributed by atoms with Crippen molar-refractivity contribution in [2.24, 2.45) is 0 Å². The summed E-state index contributed by atoms with van der Waals surface area (Å²) in [5, 5.41) is 0. The van der Waals surface area contributed by atoms with Gasteiger partial charge in [0.2, 0.25) is 0 Å². The molecule has 0 spiro atoms. The lowest BCUT2D eigenvalue weighted by Crippen LogP contribution is -2.25.